The van der Waals surface area contributed by atoms with Crippen LogP contribution in [0.25, 0.3) is 0 Å². The van der Waals surface area contributed by atoms with E-state index in [1.165, 1.54) is 5.56 Å². The van der Waals surface area contributed by atoms with Crippen molar-refractivity contribution in [1.29, 1.82) is 0 Å². The lowest BCUT2D eigenvalue weighted by Gasteiger charge is -1.98. The molecule has 1 N–H and O–H groups in total. The lowest BCUT2D eigenvalue weighted by Crippen LogP contribution is -2.17. The van der Waals surface area contributed by atoms with E-state index < -0.39 is 0 Å². The molecule has 0 unspecified atom stereocenters. The van der Waals surface area contributed by atoms with Crippen LogP contribution in [0.5, 0.6) is 0 Å². The molecule has 11 heavy (non-hydrogen) atoms. The van der Waals surface area contributed by atoms with Crippen molar-refractivity contribution in [2.24, 2.45) is 3.21 Å². The van der Waals surface area contributed by atoms with Crippen molar-refractivity contribution in [2.75, 3.05) is 0 Å². The maximum atomic E-state index is 4.37. The molecule has 0 bridgehead atoms. The van der Waals surface area contributed by atoms with E-state index in [0.717, 1.165) is 5.84 Å². The van der Waals surface area contributed by atoms with Crippen LogP contribution in [0.15, 0.2) is 33.5 Å². The largest absolute Gasteiger partial charge is 0.340 e. The van der Waals surface area contributed by atoms with Crippen LogP contribution in [-0.2, 0) is 0 Å². The van der Waals surface area contributed by atoms with E-state index in [1.54, 1.807) is 0 Å². The first kappa shape index (κ1) is 6.97. The van der Waals surface area contributed by atoms with Gasteiger partial charge in [0.05, 0.1) is 4.14 Å². The van der Waals surface area contributed by atoms with Gasteiger partial charge in [-0.15, -0.1) is 0 Å². The molecule has 1 aromatic carbocycles. The number of rotatable bonds is 1. The topological polar surface area (TPSA) is 24.4 Å². The molecule has 0 amide bonds. The first-order chi connectivity index (χ1) is 5.47. The third kappa shape index (κ3) is 1.48. The molecule has 1 aromatic rings. The SMILES string of the molecule is C1=IN=C(c2ccccc2)N1. The van der Waals surface area contributed by atoms with Gasteiger partial charge in [0, 0.05) is 26.6 Å². The summed E-state index contributed by atoms with van der Waals surface area (Å²) in [5, 5.41) is 3.15. The van der Waals surface area contributed by atoms with Crippen LogP contribution >= 0.6 is 21.0 Å². The highest BCUT2D eigenvalue weighted by molar-refractivity contribution is 14.2. The fraction of sp³-hybridized carbons (Fsp3) is 0. The standard InChI is InChI=1S/C8H7IN2/c1-2-4-7(5-3-1)8-10-6-9-11-8/h1-6H,(H,10,11). The third-order valence-corrected chi connectivity index (χ3v) is 2.77. The van der Waals surface area contributed by atoms with Crippen molar-refractivity contribution in [3.63, 3.8) is 0 Å². The number of amidine groups is 1. The highest BCUT2D eigenvalue weighted by Gasteiger charge is 2.01. The van der Waals surface area contributed by atoms with Crippen molar-refractivity contribution < 1.29 is 0 Å². The third-order valence-electron chi connectivity index (χ3n) is 1.42. The number of benzene rings is 1. The summed E-state index contributed by atoms with van der Waals surface area (Å²) in [7, 11) is 0. The van der Waals surface area contributed by atoms with Gasteiger partial charge in [-0.2, -0.15) is 0 Å². The molecule has 3 heteroatoms. The molecule has 1 heterocycles. The van der Waals surface area contributed by atoms with E-state index >= 15 is 0 Å². The van der Waals surface area contributed by atoms with E-state index in [4.69, 9.17) is 0 Å². The molecule has 0 aromatic heterocycles. The van der Waals surface area contributed by atoms with Crippen LogP contribution in [0.2, 0.25) is 0 Å². The lowest BCUT2D eigenvalue weighted by atomic mass is 10.2. The first-order valence-corrected chi connectivity index (χ1v) is 5.52. The second-order valence-electron chi connectivity index (χ2n) is 2.15. The summed E-state index contributed by atoms with van der Waals surface area (Å²) in [6.45, 7) is 0. The molecule has 0 spiro atoms. The van der Waals surface area contributed by atoms with Gasteiger partial charge < -0.3 is 5.32 Å². The monoisotopic (exact) mass is 258 g/mol. The van der Waals surface area contributed by atoms with E-state index in [9.17, 15) is 0 Å². The second kappa shape index (κ2) is 3.13. The first-order valence-electron chi connectivity index (χ1n) is 3.31. The van der Waals surface area contributed by atoms with Gasteiger partial charge in [0.1, 0.15) is 5.84 Å². The molecule has 2 nitrogen and oxygen atoms in total. The Labute approximate surface area is 75.5 Å². The molecular formula is C8H7IN2. The predicted octanol–water partition coefficient (Wildman–Crippen LogP) is 1.68. The molecule has 0 fully saturated rings. The zero-order chi connectivity index (χ0) is 7.52. The van der Waals surface area contributed by atoms with Crippen LogP contribution in [0.3, 0.4) is 0 Å². The Morgan fingerprint density at radius 1 is 1.18 bits per heavy atom. The molecule has 2 rings (SSSR count). The van der Waals surface area contributed by atoms with Crippen LogP contribution in [0.4, 0.5) is 0 Å². The molecule has 1 aliphatic rings. The van der Waals surface area contributed by atoms with Crippen molar-refractivity contribution in [3.8, 4) is 0 Å². The van der Waals surface area contributed by atoms with Crippen LogP contribution < -0.4 is 5.32 Å². The Morgan fingerprint density at radius 3 is 2.64 bits per heavy atom. The molecule has 1 aliphatic heterocycles. The minimum absolute atomic E-state index is 0.0719. The van der Waals surface area contributed by atoms with Crippen molar-refractivity contribution in [1.82, 2.24) is 5.32 Å². The van der Waals surface area contributed by atoms with Crippen LogP contribution in [0, 0.1) is 0 Å². The summed E-state index contributed by atoms with van der Waals surface area (Å²) in [6.07, 6.45) is 0. The van der Waals surface area contributed by atoms with Crippen molar-refractivity contribution in [2.45, 2.75) is 0 Å². The Hall–Kier alpha value is -0.710. The summed E-state index contributed by atoms with van der Waals surface area (Å²) < 4.78 is 6.42. The Bertz CT molecular complexity index is 303. The number of halogens is 1. The number of hydrogen-bond acceptors (Lipinski definition) is 2. The van der Waals surface area contributed by atoms with Crippen molar-refractivity contribution in [3.05, 3.63) is 35.9 Å². The smallest absolute Gasteiger partial charge is 0.143 e. The van der Waals surface area contributed by atoms with Crippen molar-refractivity contribution >= 4 is 31.0 Å². The molecule has 56 valence electrons. The van der Waals surface area contributed by atoms with E-state index in [1.807, 2.05) is 18.2 Å². The van der Waals surface area contributed by atoms with Crippen LogP contribution in [0.1, 0.15) is 5.56 Å². The Balaban J connectivity index is 2.31. The summed E-state index contributed by atoms with van der Waals surface area (Å²) in [5.41, 5.74) is 1.18. The van der Waals surface area contributed by atoms with Gasteiger partial charge >= 0.3 is 0 Å². The quantitative estimate of drug-likeness (QED) is 0.761. The van der Waals surface area contributed by atoms with Gasteiger partial charge in [-0.25, -0.2) is 3.21 Å². The second-order valence-corrected chi connectivity index (χ2v) is 3.81. The van der Waals surface area contributed by atoms with E-state index in [-0.39, 0.29) is 21.0 Å². The maximum Gasteiger partial charge on any atom is 0.143 e. The number of nitrogens with zero attached hydrogens (tertiary/aromatic N) is 1. The van der Waals surface area contributed by atoms with E-state index in [2.05, 4.69) is 24.8 Å². The molecular weight excluding hydrogens is 251 g/mol. The molecule has 0 saturated heterocycles. The zero-order valence-electron chi connectivity index (χ0n) is 5.79. The summed E-state index contributed by atoms with van der Waals surface area (Å²) in [5.74, 6) is 1.03. The summed E-state index contributed by atoms with van der Waals surface area (Å²) in [4.78, 5) is 0. The number of hydrogen-bond donors (Lipinski definition) is 1. The Morgan fingerprint density at radius 2 is 2.00 bits per heavy atom. The summed E-state index contributed by atoms with van der Waals surface area (Å²) >= 11 is -0.0719. The van der Waals surface area contributed by atoms with Gasteiger partial charge in [0.15, 0.2) is 0 Å². The summed E-state index contributed by atoms with van der Waals surface area (Å²) in [6, 6.07) is 10.2. The predicted molar refractivity (Wildman–Crippen MR) is 56.2 cm³/mol. The van der Waals surface area contributed by atoms with Crippen LogP contribution in [-0.4, -0.2) is 9.97 Å². The molecule has 0 aliphatic carbocycles. The molecule has 0 atom stereocenters. The zero-order valence-corrected chi connectivity index (χ0v) is 7.95. The fourth-order valence-electron chi connectivity index (χ4n) is 0.902. The average Bonchev–Trinajstić information content (AvgIpc) is 2.58. The minimum Gasteiger partial charge on any atom is -0.340 e. The minimum atomic E-state index is -0.0719. The lowest BCUT2D eigenvalue weighted by molar-refractivity contribution is 1.43. The molecule has 0 radical (unpaired) electrons. The fourth-order valence-corrected chi connectivity index (χ4v) is 2.17. The maximum absolute atomic E-state index is 4.37. The molecule has 0 saturated carbocycles. The van der Waals surface area contributed by atoms with Gasteiger partial charge in [-0.1, -0.05) is 30.3 Å². The normalized spacial score (nSPS) is 15.1. The Kier molecular flexibility index (Phi) is 1.98. The van der Waals surface area contributed by atoms with Gasteiger partial charge in [-0.05, 0) is 0 Å². The highest BCUT2D eigenvalue weighted by atomic mass is 127. The van der Waals surface area contributed by atoms with E-state index in [0.29, 0.717) is 0 Å². The van der Waals surface area contributed by atoms with Gasteiger partial charge in [-0.3, -0.25) is 0 Å². The highest BCUT2D eigenvalue weighted by Crippen LogP contribution is 2.08. The van der Waals surface area contributed by atoms with Gasteiger partial charge in [0.25, 0.3) is 0 Å². The number of nitrogens with one attached hydrogen (secondary N) is 1. The average molecular weight is 258 g/mol. The van der Waals surface area contributed by atoms with Gasteiger partial charge in [0.2, 0.25) is 0 Å².